The Bertz CT molecular complexity index is 653. The van der Waals surface area contributed by atoms with Crippen molar-refractivity contribution in [2.75, 3.05) is 17.6 Å². The van der Waals surface area contributed by atoms with E-state index >= 15 is 0 Å². The van der Waals surface area contributed by atoms with E-state index in [0.717, 1.165) is 0 Å². The van der Waals surface area contributed by atoms with E-state index in [9.17, 15) is 8.42 Å². The van der Waals surface area contributed by atoms with Crippen LogP contribution in [-0.2, 0) is 16.6 Å². The van der Waals surface area contributed by atoms with E-state index in [0.29, 0.717) is 24.5 Å². The molecule has 1 aromatic carbocycles. The molecule has 1 heterocycles. The van der Waals surface area contributed by atoms with Crippen LogP contribution in [0, 0.1) is 0 Å². The summed E-state index contributed by atoms with van der Waals surface area (Å²) in [5, 5.41) is 15.6. The first-order valence-electron chi connectivity index (χ1n) is 5.46. The highest BCUT2D eigenvalue weighted by molar-refractivity contribution is 7.89. The van der Waals surface area contributed by atoms with Crippen LogP contribution >= 0.6 is 0 Å². The van der Waals surface area contributed by atoms with Gasteiger partial charge in [0.15, 0.2) is 0 Å². The highest BCUT2D eigenvalue weighted by Gasteiger charge is 2.09. The molecule has 0 unspecified atom stereocenters. The van der Waals surface area contributed by atoms with Crippen molar-refractivity contribution >= 4 is 21.4 Å². The maximum absolute atomic E-state index is 11.3. The quantitative estimate of drug-likeness (QED) is 0.641. The van der Waals surface area contributed by atoms with Gasteiger partial charge in [-0.1, -0.05) is 5.21 Å². The Morgan fingerprint density at radius 2 is 2.11 bits per heavy atom. The summed E-state index contributed by atoms with van der Waals surface area (Å²) in [7, 11) is -3.76. The summed E-state index contributed by atoms with van der Waals surface area (Å²) in [6.45, 7) is 1.15. The Labute approximate surface area is 110 Å². The van der Waals surface area contributed by atoms with Gasteiger partial charge in [-0.25, -0.2) is 13.6 Å². The van der Waals surface area contributed by atoms with Crippen LogP contribution in [0.5, 0.6) is 0 Å². The zero-order valence-electron chi connectivity index (χ0n) is 10.0. The van der Waals surface area contributed by atoms with E-state index in [2.05, 4.69) is 15.6 Å². The molecule has 1 aromatic heterocycles. The van der Waals surface area contributed by atoms with Crippen LogP contribution in [-0.4, -0.2) is 30.0 Å². The van der Waals surface area contributed by atoms with Crippen molar-refractivity contribution in [3.63, 3.8) is 0 Å². The fourth-order valence-corrected chi connectivity index (χ4v) is 2.15. The van der Waals surface area contributed by atoms with Crippen LogP contribution in [0.4, 0.5) is 11.4 Å². The van der Waals surface area contributed by atoms with Gasteiger partial charge >= 0.3 is 0 Å². The summed E-state index contributed by atoms with van der Waals surface area (Å²) in [6.07, 6.45) is 3.32. The molecule has 0 saturated heterocycles. The number of nitrogens with two attached hydrogens (primary N) is 2. The van der Waals surface area contributed by atoms with Crippen molar-refractivity contribution in [1.29, 1.82) is 0 Å². The summed E-state index contributed by atoms with van der Waals surface area (Å²) in [5.41, 5.74) is 6.55. The zero-order valence-corrected chi connectivity index (χ0v) is 10.8. The Balaban J connectivity index is 2.06. The Hall–Kier alpha value is -2.13. The molecule has 2 rings (SSSR count). The fraction of sp³-hybridized carbons (Fsp3) is 0.200. The van der Waals surface area contributed by atoms with Gasteiger partial charge in [-0.3, -0.25) is 4.68 Å². The van der Waals surface area contributed by atoms with Gasteiger partial charge in [-0.15, -0.1) is 5.10 Å². The summed E-state index contributed by atoms with van der Waals surface area (Å²) in [5.74, 6) is 0. The highest BCUT2D eigenvalue weighted by Crippen LogP contribution is 2.19. The lowest BCUT2D eigenvalue weighted by Gasteiger charge is -2.09. The van der Waals surface area contributed by atoms with Gasteiger partial charge in [-0.05, 0) is 18.2 Å². The highest BCUT2D eigenvalue weighted by atomic mass is 32.2. The lowest BCUT2D eigenvalue weighted by molar-refractivity contribution is 0.597. The number of nitrogen functional groups attached to an aromatic ring is 1. The standard InChI is InChI=1S/C10H14N6O2S/c11-8-5-9(7-10(6-8)19(12,17)18)13-1-3-16-4-2-14-15-16/h2,4-7,13H,1,3,11H2,(H2,12,17,18). The minimum atomic E-state index is -3.76. The molecule has 5 N–H and O–H groups in total. The van der Waals surface area contributed by atoms with Crippen LogP contribution < -0.4 is 16.2 Å². The smallest absolute Gasteiger partial charge is 0.238 e. The monoisotopic (exact) mass is 282 g/mol. The van der Waals surface area contributed by atoms with E-state index < -0.39 is 10.0 Å². The third kappa shape index (κ3) is 3.66. The molecular formula is C10H14N6O2S. The van der Waals surface area contributed by atoms with Crippen molar-refractivity contribution in [3.8, 4) is 0 Å². The summed E-state index contributed by atoms with van der Waals surface area (Å²) in [4.78, 5) is -0.0178. The Morgan fingerprint density at radius 1 is 1.32 bits per heavy atom. The molecule has 0 aliphatic rings. The summed E-state index contributed by atoms with van der Waals surface area (Å²) >= 11 is 0. The molecule has 0 aliphatic heterocycles. The average Bonchev–Trinajstić information content (AvgIpc) is 2.80. The fourth-order valence-electron chi connectivity index (χ4n) is 1.56. The van der Waals surface area contributed by atoms with Gasteiger partial charge in [0.25, 0.3) is 0 Å². The van der Waals surface area contributed by atoms with E-state index in [1.165, 1.54) is 12.1 Å². The molecule has 8 nitrogen and oxygen atoms in total. The average molecular weight is 282 g/mol. The van der Waals surface area contributed by atoms with Gasteiger partial charge in [-0.2, -0.15) is 0 Å². The molecule has 19 heavy (non-hydrogen) atoms. The topological polar surface area (TPSA) is 129 Å². The normalized spacial score (nSPS) is 11.4. The summed E-state index contributed by atoms with van der Waals surface area (Å²) in [6, 6.07) is 4.39. The van der Waals surface area contributed by atoms with Crippen LogP contribution in [0.3, 0.4) is 0 Å². The van der Waals surface area contributed by atoms with E-state index in [-0.39, 0.29) is 4.90 Å². The second kappa shape index (κ2) is 5.24. The molecule has 0 bridgehead atoms. The third-order valence-corrected chi connectivity index (χ3v) is 3.29. The molecular weight excluding hydrogens is 268 g/mol. The van der Waals surface area contributed by atoms with Crippen molar-refractivity contribution in [2.45, 2.75) is 11.4 Å². The molecule has 9 heteroatoms. The minimum absolute atomic E-state index is 0.0178. The molecule has 0 atom stereocenters. The molecule has 102 valence electrons. The number of nitrogens with zero attached hydrogens (tertiary/aromatic N) is 3. The van der Waals surface area contributed by atoms with Gasteiger partial charge in [0.2, 0.25) is 10.0 Å². The number of hydrogen-bond donors (Lipinski definition) is 3. The number of nitrogens with one attached hydrogen (secondary N) is 1. The van der Waals surface area contributed by atoms with Crippen LogP contribution in [0.25, 0.3) is 0 Å². The molecule has 0 aliphatic carbocycles. The van der Waals surface area contributed by atoms with Crippen molar-refractivity contribution in [2.24, 2.45) is 5.14 Å². The number of primary sulfonamides is 1. The van der Waals surface area contributed by atoms with Crippen LogP contribution in [0.15, 0.2) is 35.5 Å². The van der Waals surface area contributed by atoms with Gasteiger partial charge in [0, 0.05) is 24.1 Å². The second-order valence-electron chi connectivity index (χ2n) is 3.93. The molecule has 0 saturated carbocycles. The number of anilines is 2. The number of sulfonamides is 1. The predicted molar refractivity (Wildman–Crippen MR) is 70.7 cm³/mol. The van der Waals surface area contributed by atoms with Crippen molar-refractivity contribution in [3.05, 3.63) is 30.6 Å². The van der Waals surface area contributed by atoms with E-state index in [1.807, 2.05) is 0 Å². The largest absolute Gasteiger partial charge is 0.399 e. The number of aromatic nitrogens is 3. The first kappa shape index (κ1) is 13.3. The minimum Gasteiger partial charge on any atom is -0.399 e. The number of benzene rings is 1. The maximum atomic E-state index is 11.3. The van der Waals surface area contributed by atoms with E-state index in [4.69, 9.17) is 10.9 Å². The Morgan fingerprint density at radius 3 is 2.74 bits per heavy atom. The maximum Gasteiger partial charge on any atom is 0.238 e. The third-order valence-electron chi connectivity index (χ3n) is 2.40. The molecule has 2 aromatic rings. The van der Waals surface area contributed by atoms with Crippen LogP contribution in [0.2, 0.25) is 0 Å². The SMILES string of the molecule is Nc1cc(NCCn2ccnn2)cc(S(N)(=O)=O)c1. The van der Waals surface area contributed by atoms with Crippen molar-refractivity contribution < 1.29 is 8.42 Å². The van der Waals surface area contributed by atoms with E-state index in [1.54, 1.807) is 23.1 Å². The lowest BCUT2D eigenvalue weighted by atomic mass is 10.3. The number of hydrogen-bond acceptors (Lipinski definition) is 6. The number of rotatable bonds is 5. The van der Waals surface area contributed by atoms with Gasteiger partial charge < -0.3 is 11.1 Å². The lowest BCUT2D eigenvalue weighted by Crippen LogP contribution is -2.14. The molecule has 0 radical (unpaired) electrons. The van der Waals surface area contributed by atoms with Gasteiger partial charge in [0.05, 0.1) is 17.6 Å². The first-order chi connectivity index (χ1) is 8.95. The van der Waals surface area contributed by atoms with Crippen LogP contribution in [0.1, 0.15) is 0 Å². The molecule has 0 spiro atoms. The predicted octanol–water partition coefficient (Wildman–Crippen LogP) is -0.380. The van der Waals surface area contributed by atoms with Crippen molar-refractivity contribution in [1.82, 2.24) is 15.0 Å². The summed E-state index contributed by atoms with van der Waals surface area (Å²) < 4.78 is 24.2. The zero-order chi connectivity index (χ0) is 13.9. The Kier molecular flexibility index (Phi) is 3.67. The van der Waals surface area contributed by atoms with Gasteiger partial charge in [0.1, 0.15) is 0 Å². The molecule has 0 amide bonds. The first-order valence-corrected chi connectivity index (χ1v) is 7.01. The molecule has 0 fully saturated rings. The second-order valence-corrected chi connectivity index (χ2v) is 5.49.